The number of H-pyrrole nitrogens is 1. The maximum Gasteiger partial charge on any atom is 0.145 e. The van der Waals surface area contributed by atoms with Crippen LogP contribution in [-0.2, 0) is 0 Å². The lowest BCUT2D eigenvalue weighted by molar-refractivity contribution is 0.394. The smallest absolute Gasteiger partial charge is 0.145 e. The van der Waals surface area contributed by atoms with Crippen molar-refractivity contribution in [1.29, 1.82) is 5.41 Å². The molecule has 0 radical (unpaired) electrons. The van der Waals surface area contributed by atoms with Gasteiger partial charge in [-0.3, -0.25) is 5.41 Å². The molecule has 1 aliphatic rings. The largest absolute Gasteiger partial charge is 0.509 e. The Labute approximate surface area is 162 Å². The van der Waals surface area contributed by atoms with Crippen molar-refractivity contribution in [2.75, 3.05) is 25.7 Å². The van der Waals surface area contributed by atoms with E-state index in [-0.39, 0.29) is 18.1 Å². The molecule has 144 valence electrons. The molecule has 1 aliphatic heterocycles. The van der Waals surface area contributed by atoms with Crippen LogP contribution in [0.25, 0.3) is 16.6 Å². The number of rotatable bonds is 4. The van der Waals surface area contributed by atoms with E-state index in [1.165, 1.54) is 0 Å². The first-order valence-corrected chi connectivity index (χ1v) is 8.90. The van der Waals surface area contributed by atoms with E-state index in [4.69, 9.17) is 14.9 Å². The number of amidine groups is 1. The Hall–Kier alpha value is -3.48. The number of benzene rings is 2. The van der Waals surface area contributed by atoms with Crippen LogP contribution in [0.15, 0.2) is 36.1 Å². The van der Waals surface area contributed by atoms with Gasteiger partial charge in [0.05, 0.1) is 43.1 Å². The number of fused-ring (bicyclic) bond motifs is 1. The molecule has 0 unspecified atom stereocenters. The predicted octanol–water partition coefficient (Wildman–Crippen LogP) is 3.96. The highest BCUT2D eigenvalue weighted by Crippen LogP contribution is 2.35. The number of imidazole rings is 1. The molecule has 0 aliphatic carbocycles. The lowest BCUT2D eigenvalue weighted by atomic mass is 10.1. The van der Waals surface area contributed by atoms with Crippen LogP contribution in [0, 0.1) is 19.3 Å². The van der Waals surface area contributed by atoms with Gasteiger partial charge in [0.25, 0.3) is 0 Å². The molecule has 0 atom stereocenters. The molecule has 7 heteroatoms. The van der Waals surface area contributed by atoms with Gasteiger partial charge in [-0.1, -0.05) is 0 Å². The number of nitrogens with one attached hydrogen (secondary N) is 2. The number of aromatic nitrogens is 2. The number of aliphatic hydroxyl groups is 1. The van der Waals surface area contributed by atoms with E-state index in [9.17, 15) is 5.11 Å². The number of ether oxygens (including phenoxy) is 2. The van der Waals surface area contributed by atoms with Crippen LogP contribution in [0.2, 0.25) is 0 Å². The summed E-state index contributed by atoms with van der Waals surface area (Å²) in [5, 5.41) is 19.3. The summed E-state index contributed by atoms with van der Waals surface area (Å²) < 4.78 is 10.6. The number of methoxy groups -OCH3 is 2. The van der Waals surface area contributed by atoms with E-state index in [0.717, 1.165) is 22.2 Å². The molecule has 7 nitrogen and oxygen atoms in total. The highest BCUT2D eigenvalue weighted by Gasteiger charge is 2.32. The van der Waals surface area contributed by atoms with Crippen LogP contribution in [-0.4, -0.2) is 41.7 Å². The van der Waals surface area contributed by atoms with Crippen molar-refractivity contribution in [3.05, 3.63) is 53.0 Å². The number of aliphatic hydroxyl groups excluding tert-OH is 1. The second-order valence-corrected chi connectivity index (χ2v) is 6.87. The standard InChI is InChI=1S/C21H22N4O3/c1-11-5-16-17(6-12(11)2)24-21(23-16)19-18(26)10-25(20(19)22)13-7-14(27-3)9-15(8-13)28-4/h5-9,22,26H,10H2,1-4H3,(H,23,24). The molecule has 28 heavy (non-hydrogen) atoms. The van der Waals surface area contributed by atoms with Crippen molar-refractivity contribution >= 4 is 28.1 Å². The fourth-order valence-electron chi connectivity index (χ4n) is 3.38. The van der Waals surface area contributed by atoms with Gasteiger partial charge in [0.1, 0.15) is 28.9 Å². The third-order valence-electron chi connectivity index (χ3n) is 5.09. The van der Waals surface area contributed by atoms with Crippen LogP contribution in [0.4, 0.5) is 5.69 Å². The Morgan fingerprint density at radius 2 is 1.68 bits per heavy atom. The van der Waals surface area contributed by atoms with Gasteiger partial charge in [0, 0.05) is 18.2 Å². The molecule has 4 rings (SSSR count). The summed E-state index contributed by atoms with van der Waals surface area (Å²) in [5.41, 5.74) is 5.10. The zero-order chi connectivity index (χ0) is 20.0. The number of nitrogens with zero attached hydrogens (tertiary/aromatic N) is 2. The third-order valence-corrected chi connectivity index (χ3v) is 5.09. The molecule has 0 saturated heterocycles. The quantitative estimate of drug-likeness (QED) is 0.639. The molecular formula is C21H22N4O3. The summed E-state index contributed by atoms with van der Waals surface area (Å²) in [6.45, 7) is 4.26. The number of hydrogen-bond donors (Lipinski definition) is 3. The SMILES string of the molecule is COc1cc(OC)cc(N2CC(O)=C(c3nc4cc(C)c(C)cc4[nH]3)C2=N)c1. The van der Waals surface area contributed by atoms with E-state index in [1.54, 1.807) is 37.3 Å². The van der Waals surface area contributed by atoms with Crippen LogP contribution in [0.1, 0.15) is 17.0 Å². The summed E-state index contributed by atoms with van der Waals surface area (Å²) >= 11 is 0. The molecule has 2 aromatic carbocycles. The minimum absolute atomic E-state index is 0.0966. The third kappa shape index (κ3) is 2.85. The zero-order valence-electron chi connectivity index (χ0n) is 16.3. The van der Waals surface area contributed by atoms with Crippen molar-refractivity contribution < 1.29 is 14.6 Å². The van der Waals surface area contributed by atoms with Crippen molar-refractivity contribution in [1.82, 2.24) is 9.97 Å². The summed E-state index contributed by atoms with van der Waals surface area (Å²) in [7, 11) is 3.15. The van der Waals surface area contributed by atoms with E-state index in [0.29, 0.717) is 28.6 Å². The Morgan fingerprint density at radius 1 is 1.04 bits per heavy atom. The van der Waals surface area contributed by atoms with Gasteiger partial charge in [-0.15, -0.1) is 0 Å². The van der Waals surface area contributed by atoms with Crippen molar-refractivity contribution in [3.8, 4) is 11.5 Å². The fraction of sp³-hybridized carbons (Fsp3) is 0.238. The van der Waals surface area contributed by atoms with E-state index < -0.39 is 0 Å². The van der Waals surface area contributed by atoms with Crippen molar-refractivity contribution in [2.45, 2.75) is 13.8 Å². The Balaban J connectivity index is 1.73. The lowest BCUT2D eigenvalue weighted by Gasteiger charge is -2.20. The minimum Gasteiger partial charge on any atom is -0.509 e. The number of hydrogen-bond acceptors (Lipinski definition) is 5. The van der Waals surface area contributed by atoms with Gasteiger partial charge in [0.15, 0.2) is 0 Å². The van der Waals surface area contributed by atoms with Gasteiger partial charge in [-0.2, -0.15) is 0 Å². The summed E-state index contributed by atoms with van der Waals surface area (Å²) in [4.78, 5) is 9.53. The molecule has 3 N–H and O–H groups in total. The van der Waals surface area contributed by atoms with Gasteiger partial charge >= 0.3 is 0 Å². The molecule has 0 saturated carbocycles. The van der Waals surface area contributed by atoms with Crippen LogP contribution < -0.4 is 14.4 Å². The van der Waals surface area contributed by atoms with Crippen molar-refractivity contribution in [2.24, 2.45) is 0 Å². The molecule has 0 spiro atoms. The van der Waals surface area contributed by atoms with E-state index in [1.807, 2.05) is 26.0 Å². The van der Waals surface area contributed by atoms with Crippen molar-refractivity contribution in [3.63, 3.8) is 0 Å². The maximum atomic E-state index is 10.6. The van der Waals surface area contributed by atoms with Gasteiger partial charge in [0.2, 0.25) is 0 Å². The molecule has 3 aromatic rings. The van der Waals surface area contributed by atoms with E-state index >= 15 is 0 Å². The monoisotopic (exact) mass is 378 g/mol. The highest BCUT2D eigenvalue weighted by molar-refractivity contribution is 6.30. The molecule has 1 aromatic heterocycles. The Bertz CT molecular complexity index is 1070. The highest BCUT2D eigenvalue weighted by atomic mass is 16.5. The molecule has 2 heterocycles. The average molecular weight is 378 g/mol. The average Bonchev–Trinajstić information content (AvgIpc) is 3.21. The summed E-state index contributed by atoms with van der Waals surface area (Å²) in [5.74, 6) is 1.98. The maximum absolute atomic E-state index is 10.6. The zero-order valence-corrected chi connectivity index (χ0v) is 16.3. The normalized spacial score (nSPS) is 14.3. The second-order valence-electron chi connectivity index (χ2n) is 6.87. The molecule has 0 amide bonds. The van der Waals surface area contributed by atoms with Crippen LogP contribution in [0.5, 0.6) is 11.5 Å². The minimum atomic E-state index is 0.0966. The molecular weight excluding hydrogens is 356 g/mol. The Kier molecular flexibility index (Phi) is 4.22. The fourth-order valence-corrected chi connectivity index (χ4v) is 3.38. The van der Waals surface area contributed by atoms with Gasteiger partial charge in [-0.25, -0.2) is 4.98 Å². The number of aromatic amines is 1. The topological polar surface area (TPSA) is 94.5 Å². The first kappa shape index (κ1) is 17.9. The van der Waals surface area contributed by atoms with E-state index in [2.05, 4.69) is 9.97 Å². The van der Waals surface area contributed by atoms with Crippen LogP contribution >= 0.6 is 0 Å². The lowest BCUT2D eigenvalue weighted by Crippen LogP contribution is -2.26. The summed E-state index contributed by atoms with van der Waals surface area (Å²) in [6.07, 6.45) is 0. The Morgan fingerprint density at radius 3 is 2.32 bits per heavy atom. The second kappa shape index (κ2) is 6.60. The summed E-state index contributed by atoms with van der Waals surface area (Å²) in [6, 6.07) is 9.41. The number of aryl methyl sites for hydroxylation is 2. The first-order valence-electron chi connectivity index (χ1n) is 8.90. The predicted molar refractivity (Wildman–Crippen MR) is 110 cm³/mol. The molecule has 0 bridgehead atoms. The molecule has 0 fully saturated rings. The van der Waals surface area contributed by atoms with Crippen LogP contribution in [0.3, 0.4) is 0 Å². The van der Waals surface area contributed by atoms with Gasteiger partial charge < -0.3 is 24.5 Å². The number of anilines is 1. The van der Waals surface area contributed by atoms with Gasteiger partial charge in [-0.05, 0) is 37.1 Å². The first-order chi connectivity index (χ1) is 13.4.